The van der Waals surface area contributed by atoms with Gasteiger partial charge in [-0.3, -0.25) is 9.59 Å². The van der Waals surface area contributed by atoms with E-state index in [9.17, 15) is 9.59 Å². The van der Waals surface area contributed by atoms with Crippen LogP contribution in [0.4, 0.5) is 0 Å². The zero-order chi connectivity index (χ0) is 26.1. The van der Waals surface area contributed by atoms with Gasteiger partial charge in [-0.15, -0.1) is 0 Å². The standard InChI is InChI=1S/C31H30ClNO4/c1-4-5-8-14-36-23-12-9-11-21(17-23)28-27-29(34)26-20(3)15-19(2)16-25(26)37-30(27)31(35)33(28)18-22-10-6-7-13-24(22)32/h6-7,9-13,15-17,28H,4-5,8,14,18H2,1-3H3. The molecular formula is C31H30ClNO4. The molecule has 4 aromatic rings. The number of halogens is 1. The van der Waals surface area contributed by atoms with Gasteiger partial charge in [0.15, 0.2) is 5.43 Å². The number of benzene rings is 3. The maximum Gasteiger partial charge on any atom is 0.291 e. The minimum absolute atomic E-state index is 0.0915. The Bertz CT molecular complexity index is 1540. The van der Waals surface area contributed by atoms with E-state index < -0.39 is 6.04 Å². The molecule has 0 N–H and O–H groups in total. The van der Waals surface area contributed by atoms with Gasteiger partial charge in [0.05, 0.1) is 23.6 Å². The maximum absolute atomic E-state index is 14.0. The highest BCUT2D eigenvalue weighted by Gasteiger charge is 2.43. The lowest BCUT2D eigenvalue weighted by atomic mass is 9.96. The summed E-state index contributed by atoms with van der Waals surface area (Å²) in [4.78, 5) is 29.5. The number of fused-ring (bicyclic) bond motifs is 2. The molecule has 1 unspecified atom stereocenters. The predicted octanol–water partition coefficient (Wildman–Crippen LogP) is 7.38. The molecule has 190 valence electrons. The molecule has 1 aromatic heterocycles. The summed E-state index contributed by atoms with van der Waals surface area (Å²) < 4.78 is 12.2. The predicted molar refractivity (Wildman–Crippen MR) is 147 cm³/mol. The lowest BCUT2D eigenvalue weighted by molar-refractivity contribution is 0.0714. The fraction of sp³-hybridized carbons (Fsp3) is 0.290. The lowest BCUT2D eigenvalue weighted by Crippen LogP contribution is -2.29. The number of hydrogen-bond donors (Lipinski definition) is 0. The summed E-state index contributed by atoms with van der Waals surface area (Å²) in [6, 6.07) is 18.2. The second-order valence-corrected chi connectivity index (χ2v) is 10.1. The van der Waals surface area contributed by atoms with Gasteiger partial charge in [-0.05, 0) is 66.8 Å². The summed E-state index contributed by atoms with van der Waals surface area (Å²) >= 11 is 6.48. The highest BCUT2D eigenvalue weighted by molar-refractivity contribution is 6.31. The molecule has 1 aliphatic rings. The molecule has 5 nitrogen and oxygen atoms in total. The molecule has 0 spiro atoms. The first-order valence-electron chi connectivity index (χ1n) is 12.7. The minimum atomic E-state index is -0.626. The molecule has 0 fully saturated rings. The summed E-state index contributed by atoms with van der Waals surface area (Å²) in [7, 11) is 0. The third-order valence-electron chi connectivity index (χ3n) is 6.90. The van der Waals surface area contributed by atoms with Crippen LogP contribution < -0.4 is 10.2 Å². The van der Waals surface area contributed by atoms with Crippen molar-refractivity contribution in [3.8, 4) is 5.75 Å². The maximum atomic E-state index is 14.0. The van der Waals surface area contributed by atoms with Gasteiger partial charge in [-0.25, -0.2) is 0 Å². The van der Waals surface area contributed by atoms with Crippen LogP contribution in [0.3, 0.4) is 0 Å². The van der Waals surface area contributed by atoms with Gasteiger partial charge >= 0.3 is 0 Å². The van der Waals surface area contributed by atoms with Crippen molar-refractivity contribution in [3.63, 3.8) is 0 Å². The van der Waals surface area contributed by atoms with Gasteiger partial charge < -0.3 is 14.1 Å². The Labute approximate surface area is 221 Å². The zero-order valence-corrected chi connectivity index (χ0v) is 22.1. The summed E-state index contributed by atoms with van der Waals surface area (Å²) in [6.07, 6.45) is 3.19. The number of carbonyl (C=O) groups excluding carboxylic acids is 1. The monoisotopic (exact) mass is 515 g/mol. The van der Waals surface area contributed by atoms with E-state index in [0.29, 0.717) is 33.9 Å². The van der Waals surface area contributed by atoms with E-state index in [4.69, 9.17) is 20.8 Å². The molecule has 2 heterocycles. The summed E-state index contributed by atoms with van der Waals surface area (Å²) in [5.41, 5.74) is 4.00. The topological polar surface area (TPSA) is 59.8 Å². The fourth-order valence-electron chi connectivity index (χ4n) is 5.15. The van der Waals surface area contributed by atoms with E-state index in [-0.39, 0.29) is 23.6 Å². The first-order chi connectivity index (χ1) is 17.9. The molecule has 5 rings (SSSR count). The number of carbonyl (C=O) groups is 1. The second-order valence-electron chi connectivity index (χ2n) is 9.68. The molecule has 0 aliphatic carbocycles. The number of ether oxygens (including phenoxy) is 1. The van der Waals surface area contributed by atoms with E-state index in [1.54, 1.807) is 11.0 Å². The van der Waals surface area contributed by atoms with Crippen LogP contribution in [0.5, 0.6) is 5.75 Å². The minimum Gasteiger partial charge on any atom is -0.494 e. The van der Waals surface area contributed by atoms with Crippen LogP contribution in [0, 0.1) is 13.8 Å². The smallest absolute Gasteiger partial charge is 0.291 e. The van der Waals surface area contributed by atoms with Gasteiger partial charge in [0.2, 0.25) is 5.76 Å². The Balaban J connectivity index is 1.65. The average Bonchev–Trinajstić information content (AvgIpc) is 3.14. The van der Waals surface area contributed by atoms with Crippen LogP contribution in [0.1, 0.15) is 70.6 Å². The van der Waals surface area contributed by atoms with E-state index in [2.05, 4.69) is 6.92 Å². The number of rotatable bonds is 8. The van der Waals surface area contributed by atoms with Crippen LogP contribution in [0.15, 0.2) is 69.9 Å². The van der Waals surface area contributed by atoms with Gasteiger partial charge in [0.1, 0.15) is 11.3 Å². The molecular weight excluding hydrogens is 486 g/mol. The summed E-state index contributed by atoms with van der Waals surface area (Å²) in [5, 5.41) is 1.07. The van der Waals surface area contributed by atoms with E-state index in [1.807, 2.05) is 68.4 Å². The number of amides is 1. The van der Waals surface area contributed by atoms with Crippen molar-refractivity contribution in [2.24, 2.45) is 0 Å². The highest BCUT2D eigenvalue weighted by Crippen LogP contribution is 2.41. The Morgan fingerprint density at radius 3 is 2.59 bits per heavy atom. The van der Waals surface area contributed by atoms with E-state index in [1.165, 1.54) is 0 Å². The van der Waals surface area contributed by atoms with Gasteiger partial charge in [-0.2, -0.15) is 0 Å². The molecule has 1 aliphatic heterocycles. The SMILES string of the molecule is CCCCCOc1cccc(C2c3c(oc4cc(C)cc(C)c4c3=O)C(=O)N2Cc2ccccc2Cl)c1. The Kier molecular flexibility index (Phi) is 7.07. The van der Waals surface area contributed by atoms with Gasteiger partial charge in [-0.1, -0.05) is 67.8 Å². The van der Waals surface area contributed by atoms with Gasteiger partial charge in [0, 0.05) is 11.6 Å². The van der Waals surface area contributed by atoms with Crippen LogP contribution in [0.2, 0.25) is 5.02 Å². The van der Waals surface area contributed by atoms with Crippen molar-refractivity contribution in [3.05, 3.63) is 109 Å². The molecule has 1 amide bonds. The molecule has 0 saturated carbocycles. The summed E-state index contributed by atoms with van der Waals surface area (Å²) in [5.74, 6) is 0.477. The number of aryl methyl sites for hydroxylation is 2. The van der Waals surface area contributed by atoms with Crippen LogP contribution in [-0.2, 0) is 6.54 Å². The van der Waals surface area contributed by atoms with E-state index >= 15 is 0 Å². The fourth-order valence-corrected chi connectivity index (χ4v) is 5.35. The highest BCUT2D eigenvalue weighted by atomic mass is 35.5. The number of unbranched alkanes of at least 4 members (excludes halogenated alkanes) is 2. The largest absolute Gasteiger partial charge is 0.494 e. The quantitative estimate of drug-likeness (QED) is 0.230. The van der Waals surface area contributed by atoms with Crippen LogP contribution in [0.25, 0.3) is 11.0 Å². The third kappa shape index (κ3) is 4.76. The van der Waals surface area contributed by atoms with Crippen molar-refractivity contribution in [2.75, 3.05) is 6.61 Å². The Morgan fingerprint density at radius 2 is 1.81 bits per heavy atom. The molecule has 3 aromatic carbocycles. The molecule has 37 heavy (non-hydrogen) atoms. The van der Waals surface area contributed by atoms with Crippen molar-refractivity contribution in [1.29, 1.82) is 0 Å². The van der Waals surface area contributed by atoms with Crippen molar-refractivity contribution < 1.29 is 13.9 Å². The normalized spacial score (nSPS) is 14.9. The second kappa shape index (κ2) is 10.4. The van der Waals surface area contributed by atoms with Crippen molar-refractivity contribution >= 4 is 28.5 Å². The Morgan fingerprint density at radius 1 is 1.00 bits per heavy atom. The average molecular weight is 516 g/mol. The van der Waals surface area contributed by atoms with E-state index in [0.717, 1.165) is 41.5 Å². The van der Waals surface area contributed by atoms with Gasteiger partial charge in [0.25, 0.3) is 5.91 Å². The first-order valence-corrected chi connectivity index (χ1v) is 13.1. The zero-order valence-electron chi connectivity index (χ0n) is 21.3. The number of nitrogens with zero attached hydrogens (tertiary/aromatic N) is 1. The molecule has 0 radical (unpaired) electrons. The number of hydrogen-bond acceptors (Lipinski definition) is 4. The van der Waals surface area contributed by atoms with Crippen molar-refractivity contribution in [2.45, 2.75) is 52.6 Å². The Hall–Kier alpha value is -3.57. The van der Waals surface area contributed by atoms with Crippen molar-refractivity contribution in [1.82, 2.24) is 4.90 Å². The van der Waals surface area contributed by atoms with Crippen LogP contribution >= 0.6 is 11.6 Å². The summed E-state index contributed by atoms with van der Waals surface area (Å²) in [6.45, 7) is 6.85. The molecule has 0 bridgehead atoms. The van der Waals surface area contributed by atoms with Crippen LogP contribution in [-0.4, -0.2) is 17.4 Å². The third-order valence-corrected chi connectivity index (χ3v) is 7.27. The molecule has 1 atom stereocenters. The first kappa shape index (κ1) is 25.1. The molecule has 6 heteroatoms. The lowest BCUT2D eigenvalue weighted by Gasteiger charge is -2.26. The molecule has 0 saturated heterocycles.